The van der Waals surface area contributed by atoms with Crippen LogP contribution in [0.1, 0.15) is 72.9 Å². The van der Waals surface area contributed by atoms with Crippen LogP contribution in [0, 0.1) is 12.8 Å². The Morgan fingerprint density at radius 1 is 1.11 bits per heavy atom. The van der Waals surface area contributed by atoms with E-state index in [2.05, 4.69) is 22.0 Å². The Hall–Kier alpha value is -2.45. The zero-order chi connectivity index (χ0) is 27.5. The van der Waals surface area contributed by atoms with E-state index in [0.29, 0.717) is 17.3 Å². The van der Waals surface area contributed by atoms with Crippen molar-refractivity contribution < 1.29 is 23.1 Å². The first kappa shape index (κ1) is 30.1. The smallest absolute Gasteiger partial charge is 0.305 e. The molecule has 3 rings (SSSR count). The van der Waals surface area contributed by atoms with Gasteiger partial charge in [-0.05, 0) is 73.7 Å². The topological polar surface area (TPSA) is 58.6 Å². The van der Waals surface area contributed by atoms with E-state index >= 15 is 0 Å². The lowest BCUT2D eigenvalue weighted by Gasteiger charge is -2.25. The Balaban J connectivity index is 1.79. The van der Waals surface area contributed by atoms with E-state index in [-0.39, 0.29) is 12.8 Å². The largest absolute Gasteiger partial charge is 0.469 e. The van der Waals surface area contributed by atoms with Crippen LogP contribution in [0.5, 0.6) is 0 Å². The van der Waals surface area contributed by atoms with Crippen molar-refractivity contribution in [2.24, 2.45) is 5.92 Å². The Morgan fingerprint density at radius 2 is 1.84 bits per heavy atom. The number of nitrogens with zero attached hydrogens (tertiary/aromatic N) is 1. The summed E-state index contributed by atoms with van der Waals surface area (Å²) in [7, 11) is 3.38. The first-order chi connectivity index (χ1) is 18.3. The number of carbonyl (C=O) groups is 2. The third-order valence-corrected chi connectivity index (χ3v) is 8.15. The Morgan fingerprint density at radius 3 is 2.53 bits per heavy atom. The van der Waals surface area contributed by atoms with Gasteiger partial charge < -0.3 is 15.0 Å². The van der Waals surface area contributed by atoms with Crippen LogP contribution in [-0.2, 0) is 16.1 Å². The minimum Gasteiger partial charge on any atom is -0.469 e. The summed E-state index contributed by atoms with van der Waals surface area (Å²) in [6.07, 6.45) is 7.92. The Kier molecular flexibility index (Phi) is 12.1. The van der Waals surface area contributed by atoms with Crippen LogP contribution in [0.2, 0.25) is 0 Å². The molecule has 1 atom stereocenters. The molecule has 0 aromatic heterocycles. The summed E-state index contributed by atoms with van der Waals surface area (Å²) in [5.74, 6) is -2.81. The van der Waals surface area contributed by atoms with Gasteiger partial charge in [0.1, 0.15) is 0 Å². The van der Waals surface area contributed by atoms with Gasteiger partial charge in [0.05, 0.1) is 12.5 Å². The number of benzene rings is 2. The van der Waals surface area contributed by atoms with Crippen LogP contribution in [0.25, 0.3) is 11.1 Å². The molecule has 8 heteroatoms. The fraction of sp³-hybridized carbons (Fsp3) is 0.533. The van der Waals surface area contributed by atoms with E-state index in [0.717, 1.165) is 41.3 Å². The number of esters is 1. The van der Waals surface area contributed by atoms with E-state index in [1.807, 2.05) is 43.3 Å². The molecule has 1 N–H and O–H groups in total. The molecule has 0 radical (unpaired) electrons. The molecule has 1 aliphatic rings. The summed E-state index contributed by atoms with van der Waals surface area (Å²) in [6, 6.07) is 13.6. The number of ether oxygens (including phenoxy) is 1. The summed E-state index contributed by atoms with van der Waals surface area (Å²) in [5, 5.41) is 1.80. The predicted octanol–water partition coefficient (Wildman–Crippen LogP) is 7.03. The lowest BCUT2D eigenvalue weighted by atomic mass is 9.87. The number of alkyl halides is 2. The number of carbonyl (C=O) groups excluding carboxylic acids is 2. The molecule has 0 saturated heterocycles. The molecule has 1 fully saturated rings. The number of amides is 1. The maximum atomic E-state index is 13.4. The van der Waals surface area contributed by atoms with E-state index in [1.165, 1.54) is 45.6 Å². The van der Waals surface area contributed by atoms with Crippen molar-refractivity contribution in [2.75, 3.05) is 20.7 Å². The SMILES string of the molecule is COC(=O)CCC(NC(=O)c1ccc(CN(C)CCC2CCCCC2)cc1-c1ccccc1C)SC(F)F. The third-order valence-electron chi connectivity index (χ3n) is 7.26. The highest BCUT2D eigenvalue weighted by molar-refractivity contribution is 8.00. The van der Waals surface area contributed by atoms with Gasteiger partial charge in [-0.3, -0.25) is 9.59 Å². The molecular formula is C30H40F2N2O3S. The van der Waals surface area contributed by atoms with E-state index in [4.69, 9.17) is 0 Å². The zero-order valence-electron chi connectivity index (χ0n) is 22.7. The average Bonchev–Trinajstić information content (AvgIpc) is 2.90. The summed E-state index contributed by atoms with van der Waals surface area (Å²) in [5.41, 5.74) is 4.24. The molecule has 1 amide bonds. The lowest BCUT2D eigenvalue weighted by Crippen LogP contribution is -2.34. The Bertz CT molecular complexity index is 1060. The van der Waals surface area contributed by atoms with Gasteiger partial charge in [0.2, 0.25) is 0 Å². The van der Waals surface area contributed by atoms with Gasteiger partial charge in [-0.25, -0.2) is 0 Å². The molecule has 0 spiro atoms. The van der Waals surface area contributed by atoms with Crippen molar-refractivity contribution in [3.63, 3.8) is 0 Å². The third kappa shape index (κ3) is 9.38. The van der Waals surface area contributed by atoms with Crippen LogP contribution in [-0.4, -0.2) is 48.6 Å². The highest BCUT2D eigenvalue weighted by atomic mass is 32.2. The van der Waals surface area contributed by atoms with E-state index < -0.39 is 23.0 Å². The fourth-order valence-electron chi connectivity index (χ4n) is 5.13. The number of methoxy groups -OCH3 is 1. The van der Waals surface area contributed by atoms with Crippen molar-refractivity contribution >= 4 is 23.6 Å². The van der Waals surface area contributed by atoms with Crippen molar-refractivity contribution in [1.82, 2.24) is 10.2 Å². The number of halogens is 2. The molecule has 1 aliphatic carbocycles. The summed E-state index contributed by atoms with van der Waals surface area (Å²) >= 11 is 0.329. The minimum absolute atomic E-state index is 0.0526. The van der Waals surface area contributed by atoms with Crippen LogP contribution in [0.3, 0.4) is 0 Å². The highest BCUT2D eigenvalue weighted by Gasteiger charge is 2.23. The normalized spacial score (nSPS) is 15.0. The summed E-state index contributed by atoms with van der Waals surface area (Å²) < 4.78 is 31.0. The first-order valence-corrected chi connectivity index (χ1v) is 14.4. The minimum atomic E-state index is -2.68. The molecule has 208 valence electrons. The highest BCUT2D eigenvalue weighted by Crippen LogP contribution is 2.30. The van der Waals surface area contributed by atoms with Gasteiger partial charge >= 0.3 is 5.97 Å². The first-order valence-electron chi connectivity index (χ1n) is 13.5. The molecule has 2 aromatic carbocycles. The molecule has 1 saturated carbocycles. The lowest BCUT2D eigenvalue weighted by molar-refractivity contribution is -0.140. The molecule has 0 bridgehead atoms. The Labute approximate surface area is 229 Å². The molecule has 5 nitrogen and oxygen atoms in total. The van der Waals surface area contributed by atoms with Crippen molar-refractivity contribution in [3.05, 3.63) is 59.2 Å². The number of aryl methyl sites for hydroxylation is 1. The molecule has 1 unspecified atom stereocenters. The van der Waals surface area contributed by atoms with Crippen molar-refractivity contribution in [1.29, 1.82) is 0 Å². The quantitative estimate of drug-likeness (QED) is 0.216. The van der Waals surface area contributed by atoms with Gasteiger partial charge in [0.15, 0.2) is 0 Å². The predicted molar refractivity (Wildman–Crippen MR) is 150 cm³/mol. The number of nitrogens with one attached hydrogen (secondary N) is 1. The van der Waals surface area contributed by atoms with Gasteiger partial charge in [-0.2, -0.15) is 8.78 Å². The second kappa shape index (κ2) is 15.2. The standard InChI is InChI=1S/C30H40F2N2O3S/c1-21-9-7-8-12-24(21)26-19-23(20-34(2)18-17-22-10-5-4-6-11-22)13-14-25(26)29(36)33-27(38-30(31)32)15-16-28(35)37-3/h7-9,12-14,19,22,27,30H,4-6,10-11,15-18,20H2,1-3H3,(H,33,36). The molecule has 38 heavy (non-hydrogen) atoms. The average molecular weight is 547 g/mol. The summed E-state index contributed by atoms with van der Waals surface area (Å²) in [4.78, 5) is 27.3. The molecular weight excluding hydrogens is 506 g/mol. The fourth-order valence-corrected chi connectivity index (χ4v) is 5.81. The number of hydrogen-bond acceptors (Lipinski definition) is 5. The van der Waals surface area contributed by atoms with E-state index in [9.17, 15) is 18.4 Å². The number of rotatable bonds is 13. The van der Waals surface area contributed by atoms with Crippen LogP contribution < -0.4 is 5.32 Å². The van der Waals surface area contributed by atoms with Gasteiger partial charge in [-0.1, -0.05) is 74.2 Å². The van der Waals surface area contributed by atoms with Gasteiger partial charge in [0.25, 0.3) is 11.7 Å². The van der Waals surface area contributed by atoms with Crippen LogP contribution in [0.4, 0.5) is 8.78 Å². The van der Waals surface area contributed by atoms with Crippen LogP contribution in [0.15, 0.2) is 42.5 Å². The molecule has 0 aliphatic heterocycles. The second-order valence-corrected chi connectivity index (χ2v) is 11.4. The summed E-state index contributed by atoms with van der Waals surface area (Å²) in [6.45, 7) is 3.78. The van der Waals surface area contributed by atoms with E-state index in [1.54, 1.807) is 6.07 Å². The van der Waals surface area contributed by atoms with Gasteiger partial charge in [0, 0.05) is 18.5 Å². The van der Waals surface area contributed by atoms with Crippen molar-refractivity contribution in [3.8, 4) is 11.1 Å². The maximum Gasteiger partial charge on any atom is 0.305 e. The second-order valence-electron chi connectivity index (χ2n) is 10.2. The molecule has 0 heterocycles. The zero-order valence-corrected chi connectivity index (χ0v) is 23.5. The number of thioether (sulfide) groups is 1. The van der Waals surface area contributed by atoms with Crippen molar-refractivity contribution in [2.45, 2.75) is 76.0 Å². The van der Waals surface area contributed by atoms with Crippen LogP contribution >= 0.6 is 11.8 Å². The number of hydrogen-bond donors (Lipinski definition) is 1. The maximum absolute atomic E-state index is 13.4. The van der Waals surface area contributed by atoms with Gasteiger partial charge in [-0.15, -0.1) is 0 Å². The monoisotopic (exact) mass is 546 g/mol. The molecule has 2 aromatic rings.